The lowest BCUT2D eigenvalue weighted by Crippen LogP contribution is -2.14. The number of hydrogen-bond donors (Lipinski definition) is 2. The molecule has 2 heterocycles. The maximum absolute atomic E-state index is 12.6. The summed E-state index contributed by atoms with van der Waals surface area (Å²) in [5.74, 6) is 1.45. The summed E-state index contributed by atoms with van der Waals surface area (Å²) in [6, 6.07) is 12.3. The normalized spacial score (nSPS) is 13.2. The predicted molar refractivity (Wildman–Crippen MR) is 104 cm³/mol. The number of fused-ring (bicyclic) bond motifs is 1. The third-order valence-electron chi connectivity index (χ3n) is 3.95. The van der Waals surface area contributed by atoms with Crippen molar-refractivity contribution in [1.82, 2.24) is 15.2 Å². The van der Waals surface area contributed by atoms with Gasteiger partial charge in [-0.25, -0.2) is 18.2 Å². The maximum Gasteiger partial charge on any atom is 0.264 e. The fraction of sp³-hybridized carbons (Fsp3) is 0.176. The molecule has 0 atom stereocenters. The van der Waals surface area contributed by atoms with Crippen molar-refractivity contribution < 1.29 is 13.2 Å². The van der Waals surface area contributed by atoms with Gasteiger partial charge in [-0.15, -0.1) is 5.10 Å². The Balaban J connectivity index is 1.43. The zero-order chi connectivity index (χ0) is 18.9. The Hall–Kier alpha value is -2.23. The summed E-state index contributed by atoms with van der Waals surface area (Å²) >= 11 is 7.26. The molecule has 0 bridgehead atoms. The van der Waals surface area contributed by atoms with E-state index in [1.54, 1.807) is 12.1 Å². The van der Waals surface area contributed by atoms with Crippen molar-refractivity contribution in [3.05, 3.63) is 58.6 Å². The molecular formula is C17H15ClN4O3S2. The Morgan fingerprint density at radius 2 is 2.04 bits per heavy atom. The van der Waals surface area contributed by atoms with E-state index in [4.69, 9.17) is 16.3 Å². The first kappa shape index (κ1) is 18.1. The molecule has 27 heavy (non-hydrogen) atoms. The van der Waals surface area contributed by atoms with Crippen LogP contribution in [0.1, 0.15) is 11.1 Å². The van der Waals surface area contributed by atoms with Crippen LogP contribution in [0.25, 0.3) is 0 Å². The number of anilines is 1. The quantitative estimate of drug-likeness (QED) is 0.590. The van der Waals surface area contributed by atoms with Gasteiger partial charge in [-0.2, -0.15) is 4.98 Å². The van der Waals surface area contributed by atoms with Gasteiger partial charge in [0.15, 0.2) is 0 Å². The van der Waals surface area contributed by atoms with Crippen molar-refractivity contribution >= 4 is 39.3 Å². The van der Waals surface area contributed by atoms with E-state index in [2.05, 4.69) is 19.9 Å². The topological polar surface area (TPSA) is 97.0 Å². The zero-order valence-corrected chi connectivity index (χ0v) is 16.4. The van der Waals surface area contributed by atoms with Gasteiger partial charge in [0.1, 0.15) is 5.75 Å². The molecule has 7 nitrogen and oxygen atoms in total. The number of nitrogens with one attached hydrogen (secondary N) is 2. The Morgan fingerprint density at radius 1 is 1.22 bits per heavy atom. The van der Waals surface area contributed by atoms with Crippen molar-refractivity contribution in [2.45, 2.75) is 22.2 Å². The Bertz CT molecular complexity index is 1070. The number of nitrogens with zero attached hydrogens (tertiary/aromatic N) is 2. The van der Waals surface area contributed by atoms with Crippen LogP contribution in [0.15, 0.2) is 52.5 Å². The first-order valence-corrected chi connectivity index (χ1v) is 10.9. The van der Waals surface area contributed by atoms with Gasteiger partial charge in [-0.05, 0) is 41.5 Å². The molecule has 0 fully saturated rings. The number of benzene rings is 2. The van der Waals surface area contributed by atoms with Crippen LogP contribution in [0.3, 0.4) is 0 Å². The van der Waals surface area contributed by atoms with Crippen LogP contribution in [0.4, 0.5) is 5.95 Å². The minimum Gasteiger partial charge on any atom is -0.493 e. The fourth-order valence-corrected chi connectivity index (χ4v) is 4.49. The van der Waals surface area contributed by atoms with Crippen molar-refractivity contribution in [2.24, 2.45) is 0 Å². The van der Waals surface area contributed by atoms with E-state index in [9.17, 15) is 8.42 Å². The lowest BCUT2D eigenvalue weighted by molar-refractivity contribution is 0.356. The van der Waals surface area contributed by atoms with Gasteiger partial charge in [0.25, 0.3) is 10.0 Å². The van der Waals surface area contributed by atoms with Crippen molar-refractivity contribution in [2.75, 3.05) is 11.3 Å². The number of sulfonamides is 1. The number of hydrogen-bond acceptors (Lipinski definition) is 6. The third kappa shape index (κ3) is 4.20. The highest BCUT2D eigenvalue weighted by Crippen LogP contribution is 2.28. The SMILES string of the molecule is O=S(=O)(Nc1nc(SCc2ccc(Cl)cc2)n[nH]1)c1ccc2c(c1)CCO2. The average molecular weight is 423 g/mol. The van der Waals surface area contributed by atoms with Gasteiger partial charge in [-0.1, -0.05) is 35.5 Å². The second kappa shape index (κ2) is 7.41. The minimum atomic E-state index is -3.76. The molecule has 1 aromatic heterocycles. The van der Waals surface area contributed by atoms with Crippen LogP contribution >= 0.6 is 23.4 Å². The summed E-state index contributed by atoms with van der Waals surface area (Å²) in [6.45, 7) is 0.572. The van der Waals surface area contributed by atoms with Gasteiger partial charge < -0.3 is 4.74 Å². The van der Waals surface area contributed by atoms with Crippen molar-refractivity contribution in [3.63, 3.8) is 0 Å². The molecule has 0 unspecified atom stereocenters. The van der Waals surface area contributed by atoms with Crippen LogP contribution in [-0.4, -0.2) is 30.2 Å². The van der Waals surface area contributed by atoms with E-state index in [1.807, 2.05) is 24.3 Å². The third-order valence-corrected chi connectivity index (χ3v) is 6.46. The second-order valence-electron chi connectivity index (χ2n) is 5.86. The summed E-state index contributed by atoms with van der Waals surface area (Å²) in [4.78, 5) is 4.35. The monoisotopic (exact) mass is 422 g/mol. The number of thioether (sulfide) groups is 1. The van der Waals surface area contributed by atoms with Crippen LogP contribution in [-0.2, 0) is 22.2 Å². The Labute approximate surface area is 165 Å². The van der Waals surface area contributed by atoms with Crippen LogP contribution in [0.5, 0.6) is 5.75 Å². The largest absolute Gasteiger partial charge is 0.493 e. The molecule has 0 aliphatic carbocycles. The Morgan fingerprint density at radius 3 is 2.85 bits per heavy atom. The van der Waals surface area contributed by atoms with Gasteiger partial charge in [0.2, 0.25) is 11.1 Å². The minimum absolute atomic E-state index is 0.0744. The summed E-state index contributed by atoms with van der Waals surface area (Å²) in [7, 11) is -3.76. The lowest BCUT2D eigenvalue weighted by Gasteiger charge is -2.06. The van der Waals surface area contributed by atoms with Crippen LogP contribution in [0.2, 0.25) is 5.02 Å². The number of ether oxygens (including phenoxy) is 1. The van der Waals surface area contributed by atoms with Gasteiger partial charge >= 0.3 is 0 Å². The maximum atomic E-state index is 12.6. The molecular weight excluding hydrogens is 408 g/mol. The molecule has 2 aromatic carbocycles. The summed E-state index contributed by atoms with van der Waals surface area (Å²) in [5, 5.41) is 7.78. The molecule has 2 N–H and O–H groups in total. The highest BCUT2D eigenvalue weighted by molar-refractivity contribution is 7.98. The standard InChI is InChI=1S/C17H15ClN4O3S2/c18-13-3-1-11(2-4-13)10-26-17-19-16(20-21-17)22-27(23,24)14-5-6-15-12(9-14)7-8-25-15/h1-6,9H,7-8,10H2,(H2,19,20,21,22). The molecule has 10 heteroatoms. The molecule has 4 rings (SSSR count). The molecule has 140 valence electrons. The zero-order valence-electron chi connectivity index (χ0n) is 14.0. The lowest BCUT2D eigenvalue weighted by atomic mass is 10.2. The van der Waals surface area contributed by atoms with Crippen molar-refractivity contribution in [1.29, 1.82) is 0 Å². The van der Waals surface area contributed by atoms with E-state index in [0.29, 0.717) is 29.0 Å². The smallest absolute Gasteiger partial charge is 0.264 e. The average Bonchev–Trinajstić information content (AvgIpc) is 3.29. The van der Waals surface area contributed by atoms with Gasteiger partial charge in [-0.3, -0.25) is 0 Å². The molecule has 1 aliphatic heterocycles. The first-order valence-electron chi connectivity index (χ1n) is 8.08. The second-order valence-corrected chi connectivity index (χ2v) is 8.92. The van der Waals surface area contributed by atoms with E-state index in [-0.39, 0.29) is 10.8 Å². The Kier molecular flexibility index (Phi) is 4.98. The molecule has 0 saturated heterocycles. The summed E-state index contributed by atoms with van der Waals surface area (Å²) in [6.07, 6.45) is 0.701. The summed E-state index contributed by atoms with van der Waals surface area (Å²) < 4.78 is 33.0. The van der Waals surface area contributed by atoms with E-state index in [0.717, 1.165) is 16.9 Å². The first-order chi connectivity index (χ1) is 13.0. The molecule has 0 spiro atoms. The number of aromatic amines is 1. The van der Waals surface area contributed by atoms with Crippen LogP contribution < -0.4 is 9.46 Å². The van der Waals surface area contributed by atoms with Gasteiger partial charge in [0, 0.05) is 17.2 Å². The number of H-pyrrole nitrogens is 1. The number of halogens is 1. The highest BCUT2D eigenvalue weighted by atomic mass is 35.5. The predicted octanol–water partition coefficient (Wildman–Crippen LogP) is 3.49. The van der Waals surface area contributed by atoms with E-state index in [1.165, 1.54) is 17.8 Å². The van der Waals surface area contributed by atoms with E-state index < -0.39 is 10.0 Å². The van der Waals surface area contributed by atoms with Crippen molar-refractivity contribution in [3.8, 4) is 5.75 Å². The molecule has 0 radical (unpaired) electrons. The molecule has 0 saturated carbocycles. The number of aromatic nitrogens is 3. The molecule has 1 aliphatic rings. The molecule has 3 aromatic rings. The van der Waals surface area contributed by atoms with Crippen LogP contribution in [0, 0.1) is 0 Å². The van der Waals surface area contributed by atoms with Gasteiger partial charge in [0.05, 0.1) is 11.5 Å². The van der Waals surface area contributed by atoms with E-state index >= 15 is 0 Å². The number of rotatable bonds is 6. The highest BCUT2D eigenvalue weighted by Gasteiger charge is 2.20. The summed E-state index contributed by atoms with van der Waals surface area (Å²) in [5.41, 5.74) is 1.95. The fourth-order valence-electron chi connectivity index (χ4n) is 2.60. The molecule has 0 amide bonds.